The molecule has 0 aliphatic heterocycles. The SMILES string of the molecule is CC(C)(C)CC(C)(C)c1ccc(OCC(=O)N/N=C\c2ccccc2Cl)cc1. The molecule has 5 heteroatoms. The summed E-state index contributed by atoms with van der Waals surface area (Å²) in [6.45, 7) is 11.1. The highest BCUT2D eigenvalue weighted by Gasteiger charge is 2.27. The van der Waals surface area contributed by atoms with E-state index in [-0.39, 0.29) is 23.3 Å². The van der Waals surface area contributed by atoms with Crippen LogP contribution in [-0.2, 0) is 10.2 Å². The molecule has 0 fully saturated rings. The molecular formula is C23H29ClN2O2. The highest BCUT2D eigenvalue weighted by atomic mass is 35.5. The maximum atomic E-state index is 11.9. The van der Waals surface area contributed by atoms with E-state index in [2.05, 4.69) is 57.3 Å². The molecule has 2 rings (SSSR count). The van der Waals surface area contributed by atoms with Crippen molar-refractivity contribution >= 4 is 23.7 Å². The third-order valence-electron chi connectivity index (χ3n) is 4.28. The van der Waals surface area contributed by atoms with Gasteiger partial charge >= 0.3 is 0 Å². The normalized spacial score (nSPS) is 12.2. The molecule has 0 saturated carbocycles. The van der Waals surface area contributed by atoms with Gasteiger partial charge in [-0.3, -0.25) is 4.79 Å². The monoisotopic (exact) mass is 400 g/mol. The van der Waals surface area contributed by atoms with Gasteiger partial charge < -0.3 is 4.74 Å². The van der Waals surface area contributed by atoms with Crippen LogP contribution in [0.3, 0.4) is 0 Å². The quantitative estimate of drug-likeness (QED) is 0.487. The van der Waals surface area contributed by atoms with Crippen molar-refractivity contribution in [2.45, 2.75) is 46.5 Å². The number of amides is 1. The van der Waals surface area contributed by atoms with Crippen LogP contribution in [0.2, 0.25) is 5.02 Å². The smallest absolute Gasteiger partial charge is 0.277 e. The summed E-state index contributed by atoms with van der Waals surface area (Å²) in [6, 6.07) is 15.2. The van der Waals surface area contributed by atoms with Gasteiger partial charge in [-0.05, 0) is 41.0 Å². The molecule has 0 aliphatic carbocycles. The first-order chi connectivity index (χ1) is 13.1. The second-order valence-corrected chi connectivity index (χ2v) is 9.16. The second kappa shape index (κ2) is 9.24. The largest absolute Gasteiger partial charge is 0.484 e. The Bertz CT molecular complexity index is 821. The zero-order chi connectivity index (χ0) is 20.8. The first-order valence-electron chi connectivity index (χ1n) is 9.37. The van der Waals surface area contributed by atoms with Gasteiger partial charge in [-0.1, -0.05) is 76.6 Å². The second-order valence-electron chi connectivity index (χ2n) is 8.75. The van der Waals surface area contributed by atoms with Gasteiger partial charge in [-0.25, -0.2) is 5.43 Å². The zero-order valence-electron chi connectivity index (χ0n) is 17.3. The molecular weight excluding hydrogens is 372 g/mol. The van der Waals surface area contributed by atoms with Gasteiger partial charge in [0.2, 0.25) is 0 Å². The van der Waals surface area contributed by atoms with Gasteiger partial charge in [0.15, 0.2) is 6.61 Å². The van der Waals surface area contributed by atoms with Crippen LogP contribution in [0.1, 0.15) is 52.2 Å². The number of halogens is 1. The molecule has 2 aromatic rings. The fourth-order valence-corrected chi connectivity index (χ4v) is 3.55. The molecule has 0 heterocycles. The Balaban J connectivity index is 1.86. The molecule has 0 aliphatic rings. The van der Waals surface area contributed by atoms with E-state index < -0.39 is 0 Å². The van der Waals surface area contributed by atoms with Crippen molar-refractivity contribution in [2.75, 3.05) is 6.61 Å². The highest BCUT2D eigenvalue weighted by Crippen LogP contribution is 2.36. The molecule has 0 atom stereocenters. The molecule has 28 heavy (non-hydrogen) atoms. The van der Waals surface area contributed by atoms with Crippen LogP contribution in [0.15, 0.2) is 53.6 Å². The number of nitrogens with zero attached hydrogens (tertiary/aromatic N) is 1. The van der Waals surface area contributed by atoms with E-state index in [4.69, 9.17) is 16.3 Å². The van der Waals surface area contributed by atoms with Gasteiger partial charge in [0.1, 0.15) is 5.75 Å². The maximum absolute atomic E-state index is 11.9. The average Bonchev–Trinajstić information content (AvgIpc) is 2.60. The van der Waals surface area contributed by atoms with Gasteiger partial charge in [0.25, 0.3) is 5.91 Å². The van der Waals surface area contributed by atoms with E-state index >= 15 is 0 Å². The lowest BCUT2D eigenvalue weighted by Gasteiger charge is -2.33. The van der Waals surface area contributed by atoms with Crippen LogP contribution in [-0.4, -0.2) is 18.7 Å². The number of hydrogen-bond acceptors (Lipinski definition) is 3. The van der Waals surface area contributed by atoms with Crippen molar-refractivity contribution in [1.82, 2.24) is 5.43 Å². The Morgan fingerprint density at radius 3 is 2.32 bits per heavy atom. The van der Waals surface area contributed by atoms with Crippen LogP contribution in [0.25, 0.3) is 0 Å². The van der Waals surface area contributed by atoms with Crippen LogP contribution < -0.4 is 10.2 Å². The highest BCUT2D eigenvalue weighted by molar-refractivity contribution is 6.33. The molecule has 0 saturated heterocycles. The molecule has 150 valence electrons. The fraction of sp³-hybridized carbons (Fsp3) is 0.391. The summed E-state index contributed by atoms with van der Waals surface area (Å²) in [5.74, 6) is 0.320. The molecule has 0 bridgehead atoms. The lowest BCUT2D eigenvalue weighted by Crippen LogP contribution is -2.25. The first kappa shape index (κ1) is 22.0. The van der Waals surface area contributed by atoms with Crippen molar-refractivity contribution in [3.8, 4) is 5.75 Å². The van der Waals surface area contributed by atoms with Crippen LogP contribution in [0.4, 0.5) is 0 Å². The summed E-state index contributed by atoms with van der Waals surface area (Å²) in [6.07, 6.45) is 2.58. The molecule has 1 N–H and O–H groups in total. The minimum absolute atomic E-state index is 0.0710. The number of nitrogens with one attached hydrogen (secondary N) is 1. The van der Waals surface area contributed by atoms with Crippen molar-refractivity contribution < 1.29 is 9.53 Å². The molecule has 1 amide bonds. The summed E-state index contributed by atoms with van der Waals surface area (Å²) in [4.78, 5) is 11.9. The van der Waals surface area contributed by atoms with Crippen molar-refractivity contribution in [3.63, 3.8) is 0 Å². The number of rotatable bonds is 7. The van der Waals surface area contributed by atoms with Crippen LogP contribution in [0, 0.1) is 5.41 Å². The number of carbonyl (C=O) groups is 1. The number of hydrogen-bond donors (Lipinski definition) is 1. The van der Waals surface area contributed by atoms with Crippen molar-refractivity contribution in [3.05, 3.63) is 64.7 Å². The lowest BCUT2D eigenvalue weighted by molar-refractivity contribution is -0.123. The van der Waals surface area contributed by atoms with Crippen LogP contribution >= 0.6 is 11.6 Å². The Labute approximate surface area is 172 Å². The minimum Gasteiger partial charge on any atom is -0.484 e. The van der Waals surface area contributed by atoms with Crippen molar-refractivity contribution in [1.29, 1.82) is 0 Å². The number of carbonyl (C=O) groups excluding carboxylic acids is 1. The summed E-state index contributed by atoms with van der Waals surface area (Å²) >= 11 is 6.03. The van der Waals surface area contributed by atoms with Crippen molar-refractivity contribution in [2.24, 2.45) is 10.5 Å². The van der Waals surface area contributed by atoms with E-state index in [0.717, 1.165) is 12.0 Å². The Morgan fingerprint density at radius 1 is 1.07 bits per heavy atom. The van der Waals surface area contributed by atoms with E-state index in [1.807, 2.05) is 30.3 Å². The topological polar surface area (TPSA) is 50.7 Å². The summed E-state index contributed by atoms with van der Waals surface area (Å²) in [5, 5.41) is 4.48. The molecule has 0 radical (unpaired) electrons. The summed E-state index contributed by atoms with van der Waals surface area (Å²) in [5.41, 5.74) is 4.75. The number of benzene rings is 2. The number of ether oxygens (including phenoxy) is 1. The molecule has 0 spiro atoms. The Morgan fingerprint density at radius 2 is 1.71 bits per heavy atom. The molecule has 0 aromatic heterocycles. The van der Waals surface area contributed by atoms with Crippen LogP contribution in [0.5, 0.6) is 5.75 Å². The third kappa shape index (κ3) is 7.01. The lowest BCUT2D eigenvalue weighted by atomic mass is 9.72. The van der Waals surface area contributed by atoms with Gasteiger partial charge in [0.05, 0.1) is 6.21 Å². The summed E-state index contributed by atoms with van der Waals surface area (Å²) < 4.78 is 5.55. The predicted octanol–water partition coefficient (Wildman–Crippen LogP) is 5.58. The van der Waals surface area contributed by atoms with Gasteiger partial charge in [-0.2, -0.15) is 5.10 Å². The fourth-order valence-electron chi connectivity index (χ4n) is 3.36. The predicted molar refractivity (Wildman–Crippen MR) is 116 cm³/mol. The zero-order valence-corrected chi connectivity index (χ0v) is 18.0. The Kier molecular flexibility index (Phi) is 7.25. The number of hydrazone groups is 1. The molecule has 0 unspecified atom stereocenters. The maximum Gasteiger partial charge on any atom is 0.277 e. The van der Waals surface area contributed by atoms with E-state index in [9.17, 15) is 4.79 Å². The minimum atomic E-state index is -0.333. The van der Waals surface area contributed by atoms with E-state index in [1.54, 1.807) is 6.07 Å². The standard InChI is InChI=1S/C23H29ClN2O2/c1-22(2,3)16-23(4,5)18-10-12-19(13-11-18)28-15-21(27)26-25-14-17-8-6-7-9-20(17)24/h6-14H,15-16H2,1-5H3,(H,26,27)/b25-14-. The molecule has 4 nitrogen and oxygen atoms in total. The van der Waals surface area contributed by atoms with E-state index in [1.165, 1.54) is 11.8 Å². The summed E-state index contributed by atoms with van der Waals surface area (Å²) in [7, 11) is 0. The average molecular weight is 401 g/mol. The van der Waals surface area contributed by atoms with Gasteiger partial charge in [0, 0.05) is 10.6 Å². The van der Waals surface area contributed by atoms with E-state index in [0.29, 0.717) is 10.8 Å². The third-order valence-corrected chi connectivity index (χ3v) is 4.62. The Hall–Kier alpha value is -2.33. The first-order valence-corrected chi connectivity index (χ1v) is 9.74. The van der Waals surface area contributed by atoms with Gasteiger partial charge in [-0.15, -0.1) is 0 Å². The molecule has 2 aromatic carbocycles.